The van der Waals surface area contributed by atoms with E-state index in [-0.39, 0.29) is 5.91 Å². The first kappa shape index (κ1) is 15.5. The van der Waals surface area contributed by atoms with E-state index in [1.807, 2.05) is 11.0 Å². The lowest BCUT2D eigenvalue weighted by Crippen LogP contribution is -2.42. The van der Waals surface area contributed by atoms with Gasteiger partial charge in [-0.05, 0) is 35.9 Å². The Kier molecular flexibility index (Phi) is 4.44. The number of carbonyl (C=O) groups excluding carboxylic acids is 1. The number of amides is 1. The van der Waals surface area contributed by atoms with Crippen LogP contribution in [-0.4, -0.2) is 57.9 Å². The van der Waals surface area contributed by atoms with Gasteiger partial charge in [-0.1, -0.05) is 0 Å². The fourth-order valence-electron chi connectivity index (χ4n) is 3.40. The lowest BCUT2D eigenvalue weighted by molar-refractivity contribution is -0.133. The zero-order chi connectivity index (χ0) is 16.4. The van der Waals surface area contributed by atoms with Gasteiger partial charge in [-0.2, -0.15) is 0 Å². The summed E-state index contributed by atoms with van der Waals surface area (Å²) in [5, 5.41) is 5.47. The molecule has 1 unspecified atom stereocenters. The number of likely N-dealkylation sites (tertiary alicyclic amines) is 1. The van der Waals surface area contributed by atoms with Crippen LogP contribution in [0.5, 0.6) is 0 Å². The van der Waals surface area contributed by atoms with Crippen LogP contribution in [0, 0.1) is 0 Å². The van der Waals surface area contributed by atoms with Crippen LogP contribution >= 0.6 is 11.3 Å². The Bertz CT molecular complexity index is 704. The molecule has 4 heterocycles. The fraction of sp³-hybridized carbons (Fsp3) is 0.471. The molecule has 1 atom stereocenters. The van der Waals surface area contributed by atoms with E-state index in [9.17, 15) is 4.79 Å². The predicted molar refractivity (Wildman–Crippen MR) is 93.9 cm³/mol. The van der Waals surface area contributed by atoms with Gasteiger partial charge in [-0.25, -0.2) is 9.97 Å². The highest BCUT2D eigenvalue weighted by molar-refractivity contribution is 7.10. The highest BCUT2D eigenvalue weighted by atomic mass is 32.1. The maximum Gasteiger partial charge on any atom is 0.237 e. The number of nitrogens with one attached hydrogen (secondary N) is 1. The fourth-order valence-corrected chi connectivity index (χ4v) is 4.29. The summed E-state index contributed by atoms with van der Waals surface area (Å²) in [7, 11) is 0. The number of hydrogen-bond acceptors (Lipinski definition) is 6. The Balaban J connectivity index is 1.28. The summed E-state index contributed by atoms with van der Waals surface area (Å²) in [5.74, 6) is 0.903. The molecule has 24 heavy (non-hydrogen) atoms. The van der Waals surface area contributed by atoms with Crippen LogP contribution in [0.3, 0.4) is 0 Å². The Morgan fingerprint density at radius 2 is 2.21 bits per heavy atom. The summed E-state index contributed by atoms with van der Waals surface area (Å²) >= 11 is 1.80. The number of fused-ring (bicyclic) bond motifs is 1. The summed E-state index contributed by atoms with van der Waals surface area (Å²) in [6.45, 7) is 3.92. The number of carbonyl (C=O) groups is 1. The van der Waals surface area contributed by atoms with Crippen LogP contribution < -0.4 is 5.32 Å². The molecule has 126 valence electrons. The molecule has 0 radical (unpaired) electrons. The molecule has 2 aromatic heterocycles. The topological polar surface area (TPSA) is 61.4 Å². The third-order valence-electron chi connectivity index (χ3n) is 4.69. The smallest absolute Gasteiger partial charge is 0.237 e. The van der Waals surface area contributed by atoms with Crippen LogP contribution in [0.25, 0.3) is 0 Å². The van der Waals surface area contributed by atoms with Gasteiger partial charge in [0.05, 0.1) is 6.54 Å². The van der Waals surface area contributed by atoms with E-state index >= 15 is 0 Å². The van der Waals surface area contributed by atoms with Gasteiger partial charge < -0.3 is 10.2 Å². The molecule has 0 saturated carbocycles. The van der Waals surface area contributed by atoms with Crippen LogP contribution in [0.15, 0.2) is 29.9 Å². The Hall–Kier alpha value is -1.99. The monoisotopic (exact) mass is 343 g/mol. The minimum absolute atomic E-state index is 0.239. The molecule has 4 rings (SSSR count). The highest BCUT2D eigenvalue weighted by Crippen LogP contribution is 2.24. The summed E-state index contributed by atoms with van der Waals surface area (Å²) in [6.07, 6.45) is 5.48. The van der Waals surface area contributed by atoms with Gasteiger partial charge in [0.25, 0.3) is 0 Å². The third kappa shape index (κ3) is 3.42. The molecule has 2 aromatic rings. The molecule has 7 heteroatoms. The van der Waals surface area contributed by atoms with E-state index in [1.54, 1.807) is 23.7 Å². The van der Waals surface area contributed by atoms with Crippen molar-refractivity contribution < 1.29 is 4.79 Å². The van der Waals surface area contributed by atoms with Gasteiger partial charge in [0.2, 0.25) is 11.9 Å². The van der Waals surface area contributed by atoms with Gasteiger partial charge in [-0.3, -0.25) is 9.69 Å². The maximum absolute atomic E-state index is 12.6. The molecule has 0 aliphatic carbocycles. The van der Waals surface area contributed by atoms with Crippen molar-refractivity contribution in [3.05, 3.63) is 40.3 Å². The molecular formula is C17H21N5OS. The zero-order valence-electron chi connectivity index (χ0n) is 13.5. The first-order valence-electron chi connectivity index (χ1n) is 8.37. The van der Waals surface area contributed by atoms with Crippen molar-refractivity contribution in [3.8, 4) is 0 Å². The summed E-state index contributed by atoms with van der Waals surface area (Å²) in [4.78, 5) is 26.7. The Morgan fingerprint density at radius 3 is 3.08 bits per heavy atom. The molecule has 1 saturated heterocycles. The van der Waals surface area contributed by atoms with Crippen LogP contribution in [-0.2, 0) is 17.8 Å². The Labute approximate surface area is 145 Å². The van der Waals surface area contributed by atoms with E-state index in [2.05, 4.69) is 31.6 Å². The molecule has 2 aliphatic heterocycles. The summed E-state index contributed by atoms with van der Waals surface area (Å²) < 4.78 is 0. The van der Waals surface area contributed by atoms with E-state index in [0.29, 0.717) is 18.5 Å². The maximum atomic E-state index is 12.6. The van der Waals surface area contributed by atoms with Crippen molar-refractivity contribution in [1.29, 1.82) is 0 Å². The SMILES string of the molecule is O=C(CN1CCC(Nc2ncccn2)C1)N1CCc2sccc2C1. The van der Waals surface area contributed by atoms with Crippen molar-refractivity contribution in [2.24, 2.45) is 0 Å². The van der Waals surface area contributed by atoms with E-state index in [0.717, 1.165) is 39.0 Å². The number of rotatable bonds is 4. The van der Waals surface area contributed by atoms with Crippen molar-refractivity contribution in [3.63, 3.8) is 0 Å². The summed E-state index contributed by atoms with van der Waals surface area (Å²) in [5.41, 5.74) is 1.32. The van der Waals surface area contributed by atoms with E-state index in [4.69, 9.17) is 0 Å². The Morgan fingerprint density at radius 1 is 1.33 bits per heavy atom. The second kappa shape index (κ2) is 6.86. The number of hydrogen-bond donors (Lipinski definition) is 1. The second-order valence-electron chi connectivity index (χ2n) is 6.37. The van der Waals surface area contributed by atoms with Crippen molar-refractivity contribution in [1.82, 2.24) is 19.8 Å². The largest absolute Gasteiger partial charge is 0.350 e. The number of aromatic nitrogens is 2. The van der Waals surface area contributed by atoms with Crippen molar-refractivity contribution >= 4 is 23.2 Å². The molecule has 2 aliphatic rings. The molecule has 0 bridgehead atoms. The molecule has 6 nitrogen and oxygen atoms in total. The van der Waals surface area contributed by atoms with Crippen LogP contribution in [0.2, 0.25) is 0 Å². The quantitative estimate of drug-likeness (QED) is 0.914. The normalized spacial score (nSPS) is 20.8. The molecule has 1 fully saturated rings. The minimum Gasteiger partial charge on any atom is -0.350 e. The minimum atomic E-state index is 0.239. The van der Waals surface area contributed by atoms with E-state index < -0.39 is 0 Å². The van der Waals surface area contributed by atoms with Crippen LogP contribution in [0.4, 0.5) is 5.95 Å². The molecule has 1 amide bonds. The first-order chi connectivity index (χ1) is 11.8. The number of nitrogens with zero attached hydrogens (tertiary/aromatic N) is 4. The van der Waals surface area contributed by atoms with Gasteiger partial charge in [0, 0.05) is 49.5 Å². The molecule has 0 spiro atoms. The molecule has 0 aromatic carbocycles. The van der Waals surface area contributed by atoms with Gasteiger partial charge in [-0.15, -0.1) is 11.3 Å². The molecule has 1 N–H and O–H groups in total. The van der Waals surface area contributed by atoms with Gasteiger partial charge in [0.1, 0.15) is 0 Å². The summed E-state index contributed by atoms with van der Waals surface area (Å²) in [6, 6.07) is 4.27. The average Bonchev–Trinajstić information content (AvgIpc) is 3.24. The lowest BCUT2D eigenvalue weighted by Gasteiger charge is -2.28. The second-order valence-corrected chi connectivity index (χ2v) is 7.37. The van der Waals surface area contributed by atoms with Crippen molar-refractivity contribution in [2.75, 3.05) is 31.5 Å². The first-order valence-corrected chi connectivity index (χ1v) is 9.25. The lowest BCUT2D eigenvalue weighted by atomic mass is 10.1. The predicted octanol–water partition coefficient (Wildman–Crippen LogP) is 1.61. The zero-order valence-corrected chi connectivity index (χ0v) is 14.3. The van der Waals surface area contributed by atoms with Gasteiger partial charge in [0.15, 0.2) is 0 Å². The van der Waals surface area contributed by atoms with Gasteiger partial charge >= 0.3 is 0 Å². The van der Waals surface area contributed by atoms with Crippen LogP contribution in [0.1, 0.15) is 16.9 Å². The number of thiophene rings is 1. The highest BCUT2D eigenvalue weighted by Gasteiger charge is 2.27. The van der Waals surface area contributed by atoms with Crippen molar-refractivity contribution in [2.45, 2.75) is 25.4 Å². The number of anilines is 1. The third-order valence-corrected chi connectivity index (χ3v) is 5.71. The molecular weight excluding hydrogens is 322 g/mol. The average molecular weight is 343 g/mol. The van der Waals surface area contributed by atoms with E-state index in [1.165, 1.54) is 10.4 Å². The standard InChI is InChI=1S/C17H21N5OS/c23-16(22-8-3-15-13(10-22)4-9-24-15)12-21-7-2-14(11-21)20-17-18-5-1-6-19-17/h1,4-6,9,14H,2-3,7-8,10-12H2,(H,18,19,20).